The molecule has 1 heterocycles. The summed E-state index contributed by atoms with van der Waals surface area (Å²) in [6.07, 6.45) is 3.53. The van der Waals surface area contributed by atoms with Gasteiger partial charge in [0, 0.05) is 34.5 Å². The lowest BCUT2D eigenvalue weighted by atomic mass is 10.0. The summed E-state index contributed by atoms with van der Waals surface area (Å²) < 4.78 is 2.86. The van der Waals surface area contributed by atoms with E-state index in [1.54, 1.807) is 6.20 Å². The fourth-order valence-corrected chi connectivity index (χ4v) is 2.68. The van der Waals surface area contributed by atoms with E-state index in [9.17, 15) is 0 Å². The number of rotatable bonds is 5. The highest BCUT2D eigenvalue weighted by molar-refractivity contribution is 9.10. The molecule has 0 fully saturated rings. The molecule has 19 heavy (non-hydrogen) atoms. The number of hydrogen-bond acceptors (Lipinski definition) is 3. The molecule has 0 spiro atoms. The maximum absolute atomic E-state index is 6.23. The van der Waals surface area contributed by atoms with Crippen molar-refractivity contribution in [3.05, 3.63) is 51.2 Å². The van der Waals surface area contributed by atoms with Gasteiger partial charge in [0.15, 0.2) is 0 Å². The van der Waals surface area contributed by atoms with Gasteiger partial charge in [-0.05, 0) is 42.7 Å². The number of hydrazine groups is 1. The van der Waals surface area contributed by atoms with E-state index in [4.69, 9.17) is 17.4 Å². The molecular weight excluding hydrogens is 328 g/mol. The van der Waals surface area contributed by atoms with Crippen LogP contribution in [-0.4, -0.2) is 9.78 Å². The maximum atomic E-state index is 6.23. The minimum Gasteiger partial charge on any atom is -0.273 e. The molecule has 2 rings (SSSR count). The van der Waals surface area contributed by atoms with Gasteiger partial charge >= 0.3 is 0 Å². The van der Waals surface area contributed by atoms with Gasteiger partial charge in [-0.25, -0.2) is 0 Å². The third kappa shape index (κ3) is 3.57. The standard InChI is InChI=1S/C13H16BrClN4/c1-19-10(6-7-17-19)3-5-13(18-16)11-8-9(14)2-4-12(11)15/h2,4,6-8,13,18H,3,5,16H2,1H3. The summed E-state index contributed by atoms with van der Waals surface area (Å²) in [6, 6.07) is 7.81. The second-order valence-electron chi connectivity index (χ2n) is 4.37. The molecule has 4 nitrogen and oxygen atoms in total. The number of aryl methyl sites for hydroxylation is 2. The van der Waals surface area contributed by atoms with Crippen LogP contribution in [0.3, 0.4) is 0 Å². The van der Waals surface area contributed by atoms with Crippen molar-refractivity contribution in [2.75, 3.05) is 0 Å². The third-order valence-electron chi connectivity index (χ3n) is 3.15. The van der Waals surface area contributed by atoms with Crippen LogP contribution in [0.5, 0.6) is 0 Å². The zero-order valence-electron chi connectivity index (χ0n) is 10.6. The molecule has 0 aliphatic heterocycles. The van der Waals surface area contributed by atoms with E-state index in [-0.39, 0.29) is 6.04 Å². The second kappa shape index (κ2) is 6.52. The number of nitrogens with one attached hydrogen (secondary N) is 1. The third-order valence-corrected chi connectivity index (χ3v) is 3.98. The molecule has 3 N–H and O–H groups in total. The van der Waals surface area contributed by atoms with E-state index in [0.717, 1.165) is 27.9 Å². The SMILES string of the molecule is Cn1nccc1CCC(NN)c1cc(Br)ccc1Cl. The van der Waals surface area contributed by atoms with E-state index >= 15 is 0 Å². The summed E-state index contributed by atoms with van der Waals surface area (Å²) in [5.41, 5.74) is 5.01. The first-order chi connectivity index (χ1) is 9.11. The molecule has 0 amide bonds. The van der Waals surface area contributed by atoms with Crippen LogP contribution in [0.25, 0.3) is 0 Å². The normalized spacial score (nSPS) is 12.6. The summed E-state index contributed by atoms with van der Waals surface area (Å²) in [4.78, 5) is 0. The van der Waals surface area contributed by atoms with Crippen LogP contribution in [0.15, 0.2) is 34.9 Å². The Morgan fingerprint density at radius 2 is 2.26 bits per heavy atom. The smallest absolute Gasteiger partial charge is 0.0492 e. The Hall–Kier alpha value is -0.880. The van der Waals surface area contributed by atoms with Crippen LogP contribution in [0, 0.1) is 0 Å². The molecule has 1 unspecified atom stereocenters. The number of halogens is 2. The number of benzene rings is 1. The fourth-order valence-electron chi connectivity index (χ4n) is 2.05. The first kappa shape index (κ1) is 14.5. The Labute approximate surface area is 126 Å². The van der Waals surface area contributed by atoms with Crippen LogP contribution < -0.4 is 11.3 Å². The first-order valence-corrected chi connectivity index (χ1v) is 7.17. The van der Waals surface area contributed by atoms with Crippen molar-refractivity contribution >= 4 is 27.5 Å². The van der Waals surface area contributed by atoms with E-state index in [2.05, 4.69) is 26.5 Å². The Balaban J connectivity index is 2.12. The highest BCUT2D eigenvalue weighted by Gasteiger charge is 2.14. The van der Waals surface area contributed by atoms with Gasteiger partial charge in [0.1, 0.15) is 0 Å². The molecule has 0 saturated heterocycles. The summed E-state index contributed by atoms with van der Waals surface area (Å²) in [5, 5.41) is 4.87. The molecule has 1 atom stereocenters. The molecule has 1 aromatic carbocycles. The van der Waals surface area contributed by atoms with Crippen LogP contribution >= 0.6 is 27.5 Å². The highest BCUT2D eigenvalue weighted by Crippen LogP contribution is 2.28. The van der Waals surface area contributed by atoms with Crippen molar-refractivity contribution in [3.8, 4) is 0 Å². The lowest BCUT2D eigenvalue weighted by Crippen LogP contribution is -2.28. The zero-order valence-corrected chi connectivity index (χ0v) is 12.9. The number of nitrogens with zero attached hydrogens (tertiary/aromatic N) is 2. The van der Waals surface area contributed by atoms with Crippen molar-refractivity contribution in [2.45, 2.75) is 18.9 Å². The van der Waals surface area contributed by atoms with E-state index in [0.29, 0.717) is 0 Å². The molecule has 0 aliphatic carbocycles. The molecule has 1 aromatic heterocycles. The topological polar surface area (TPSA) is 55.9 Å². The monoisotopic (exact) mass is 342 g/mol. The average molecular weight is 344 g/mol. The van der Waals surface area contributed by atoms with E-state index in [1.807, 2.05) is 36.0 Å². The minimum absolute atomic E-state index is 0.0138. The summed E-state index contributed by atoms with van der Waals surface area (Å²) in [6.45, 7) is 0. The average Bonchev–Trinajstić information content (AvgIpc) is 2.80. The predicted molar refractivity (Wildman–Crippen MR) is 80.7 cm³/mol. The quantitative estimate of drug-likeness (QED) is 0.648. The molecule has 0 saturated carbocycles. The number of hydrogen-bond donors (Lipinski definition) is 2. The Morgan fingerprint density at radius 3 is 2.89 bits per heavy atom. The van der Waals surface area contributed by atoms with Gasteiger partial charge in [0.2, 0.25) is 0 Å². The molecule has 2 aromatic rings. The maximum Gasteiger partial charge on any atom is 0.0492 e. The summed E-state index contributed by atoms with van der Waals surface area (Å²) in [7, 11) is 1.94. The van der Waals surface area contributed by atoms with Gasteiger partial charge in [-0.3, -0.25) is 16.0 Å². The van der Waals surface area contributed by atoms with Crippen LogP contribution in [0.1, 0.15) is 23.7 Å². The summed E-state index contributed by atoms with van der Waals surface area (Å²) in [5.74, 6) is 5.65. The second-order valence-corrected chi connectivity index (χ2v) is 5.69. The van der Waals surface area contributed by atoms with Crippen LogP contribution in [-0.2, 0) is 13.5 Å². The van der Waals surface area contributed by atoms with Gasteiger partial charge in [-0.2, -0.15) is 5.10 Å². The molecule has 0 aliphatic rings. The molecule has 6 heteroatoms. The van der Waals surface area contributed by atoms with Gasteiger partial charge < -0.3 is 0 Å². The highest BCUT2D eigenvalue weighted by atomic mass is 79.9. The van der Waals surface area contributed by atoms with Crippen molar-refractivity contribution in [1.82, 2.24) is 15.2 Å². The van der Waals surface area contributed by atoms with Gasteiger partial charge in [-0.15, -0.1) is 0 Å². The minimum atomic E-state index is 0.0138. The zero-order chi connectivity index (χ0) is 13.8. The molecular formula is C13H16BrClN4. The number of nitrogens with two attached hydrogens (primary N) is 1. The Morgan fingerprint density at radius 1 is 1.47 bits per heavy atom. The van der Waals surface area contributed by atoms with Crippen molar-refractivity contribution < 1.29 is 0 Å². The van der Waals surface area contributed by atoms with Gasteiger partial charge in [0.25, 0.3) is 0 Å². The van der Waals surface area contributed by atoms with Crippen molar-refractivity contribution in [1.29, 1.82) is 0 Å². The molecule has 0 bridgehead atoms. The van der Waals surface area contributed by atoms with Crippen LogP contribution in [0.2, 0.25) is 5.02 Å². The van der Waals surface area contributed by atoms with E-state index in [1.165, 1.54) is 5.69 Å². The van der Waals surface area contributed by atoms with Crippen molar-refractivity contribution in [2.24, 2.45) is 12.9 Å². The first-order valence-electron chi connectivity index (χ1n) is 5.99. The van der Waals surface area contributed by atoms with E-state index < -0.39 is 0 Å². The molecule has 102 valence electrons. The lowest BCUT2D eigenvalue weighted by molar-refractivity contribution is 0.507. The van der Waals surface area contributed by atoms with Gasteiger partial charge in [0.05, 0.1) is 0 Å². The predicted octanol–water partition coefficient (Wildman–Crippen LogP) is 2.97. The van der Waals surface area contributed by atoms with Crippen LogP contribution in [0.4, 0.5) is 0 Å². The van der Waals surface area contributed by atoms with Gasteiger partial charge in [-0.1, -0.05) is 27.5 Å². The Kier molecular flexibility index (Phi) is 4.99. The van der Waals surface area contributed by atoms with Crippen molar-refractivity contribution in [3.63, 3.8) is 0 Å². The lowest BCUT2D eigenvalue weighted by Gasteiger charge is -2.18. The number of aromatic nitrogens is 2. The molecule has 0 radical (unpaired) electrons. The largest absolute Gasteiger partial charge is 0.273 e. The Bertz CT molecular complexity index is 555. The fraction of sp³-hybridized carbons (Fsp3) is 0.308. The summed E-state index contributed by atoms with van der Waals surface area (Å²) >= 11 is 9.68.